The summed E-state index contributed by atoms with van der Waals surface area (Å²) in [5.74, 6) is -1.58. The summed E-state index contributed by atoms with van der Waals surface area (Å²) < 4.78 is 77.7. The number of hydrogen-bond donors (Lipinski definition) is 1. The van der Waals surface area contributed by atoms with Crippen LogP contribution in [0.1, 0.15) is 99.1 Å². The molecule has 4 heterocycles. The zero-order valence-corrected chi connectivity index (χ0v) is 40.5. The van der Waals surface area contributed by atoms with Crippen molar-refractivity contribution in [2.45, 2.75) is 122 Å². The lowest BCUT2D eigenvalue weighted by Gasteiger charge is -2.21. The molecule has 2 fully saturated rings. The molecular weight excluding hydrogens is 889 g/mol. The van der Waals surface area contributed by atoms with Gasteiger partial charge in [0.15, 0.2) is 44.5 Å². The minimum atomic E-state index is -0.882. The van der Waals surface area contributed by atoms with E-state index in [1.807, 2.05) is 26.0 Å². The third kappa shape index (κ3) is 15.4. The van der Waals surface area contributed by atoms with Crippen LogP contribution in [0.5, 0.6) is 23.0 Å². The molecular formula is C50H66O18. The van der Waals surface area contributed by atoms with E-state index >= 15 is 0 Å². The van der Waals surface area contributed by atoms with E-state index in [-0.39, 0.29) is 61.7 Å². The number of cyclic esters (lactones) is 2. The molecule has 0 bridgehead atoms. The van der Waals surface area contributed by atoms with E-state index in [1.165, 1.54) is 34.5 Å². The average Bonchev–Trinajstić information content (AvgIpc) is 3.78. The molecule has 2 saturated heterocycles. The Bertz CT molecular complexity index is 2120. The first-order valence-electron chi connectivity index (χ1n) is 22.3. The van der Waals surface area contributed by atoms with Crippen molar-refractivity contribution in [3.8, 4) is 23.0 Å². The van der Waals surface area contributed by atoms with Crippen LogP contribution in [-0.2, 0) is 52.2 Å². The molecule has 4 aliphatic rings. The van der Waals surface area contributed by atoms with Gasteiger partial charge in [-0.2, -0.15) is 0 Å². The summed E-state index contributed by atoms with van der Waals surface area (Å²) in [4.78, 5) is 39.0. The molecule has 1 unspecified atom stereocenters. The molecule has 18 heteroatoms. The van der Waals surface area contributed by atoms with Gasteiger partial charge in [0, 0.05) is 53.4 Å². The summed E-state index contributed by atoms with van der Waals surface area (Å²) in [5, 5.41) is 10.7. The van der Waals surface area contributed by atoms with Crippen LogP contribution in [0.2, 0.25) is 0 Å². The number of rotatable bonds is 12. The lowest BCUT2D eigenvalue weighted by atomic mass is 10.0. The number of methoxy groups -OCH3 is 4. The number of ether oxygens (including phenoxy) is 14. The zero-order chi connectivity index (χ0) is 49.4. The Hall–Kier alpha value is -5.15. The second-order valence-corrected chi connectivity index (χ2v) is 17.1. The lowest BCUT2D eigenvalue weighted by Crippen LogP contribution is -2.34. The minimum absolute atomic E-state index is 0.0200. The maximum Gasteiger partial charge on any atom is 0.342 e. The molecule has 0 amide bonds. The highest BCUT2D eigenvalue weighted by atomic mass is 16.8. The molecule has 6 rings (SSSR count). The number of benzene rings is 2. The molecule has 4 aliphatic heterocycles. The van der Waals surface area contributed by atoms with E-state index in [2.05, 4.69) is 0 Å². The molecule has 2 aromatic rings. The van der Waals surface area contributed by atoms with Crippen molar-refractivity contribution in [1.29, 1.82) is 0 Å². The summed E-state index contributed by atoms with van der Waals surface area (Å²) in [7, 11) is 6.01. The second-order valence-electron chi connectivity index (χ2n) is 17.1. The summed E-state index contributed by atoms with van der Waals surface area (Å²) in [6, 6.07) is 6.60. The van der Waals surface area contributed by atoms with E-state index < -0.39 is 60.1 Å². The van der Waals surface area contributed by atoms with Crippen LogP contribution in [0.25, 0.3) is 12.2 Å². The van der Waals surface area contributed by atoms with Crippen LogP contribution < -0.4 is 18.9 Å². The van der Waals surface area contributed by atoms with Crippen LogP contribution in [0, 0.1) is 0 Å². The average molecular weight is 955 g/mol. The Morgan fingerprint density at radius 1 is 0.559 bits per heavy atom. The normalized spacial score (nSPS) is 27.6. The molecule has 0 aliphatic carbocycles. The Morgan fingerprint density at radius 2 is 1.00 bits per heavy atom. The van der Waals surface area contributed by atoms with Crippen LogP contribution in [0.4, 0.5) is 0 Å². The summed E-state index contributed by atoms with van der Waals surface area (Å²) >= 11 is 0. The van der Waals surface area contributed by atoms with Crippen molar-refractivity contribution < 1.29 is 85.8 Å². The summed E-state index contributed by atoms with van der Waals surface area (Å²) in [5.41, 5.74) is 1.55. The molecule has 68 heavy (non-hydrogen) atoms. The fourth-order valence-corrected chi connectivity index (χ4v) is 7.63. The van der Waals surface area contributed by atoms with E-state index in [4.69, 9.17) is 66.3 Å². The zero-order valence-electron chi connectivity index (χ0n) is 40.5. The van der Waals surface area contributed by atoms with Crippen LogP contribution >= 0.6 is 0 Å². The maximum absolute atomic E-state index is 13.2. The van der Waals surface area contributed by atoms with E-state index in [1.54, 1.807) is 82.3 Å². The fourth-order valence-electron chi connectivity index (χ4n) is 7.63. The van der Waals surface area contributed by atoms with Gasteiger partial charge in [-0.25, -0.2) is 9.59 Å². The number of ketones is 1. The molecule has 0 spiro atoms. The number of fused-ring (bicyclic) bond motifs is 4. The van der Waals surface area contributed by atoms with Gasteiger partial charge in [0.05, 0.1) is 12.2 Å². The van der Waals surface area contributed by atoms with Crippen molar-refractivity contribution >= 4 is 29.9 Å². The first-order chi connectivity index (χ1) is 32.5. The van der Waals surface area contributed by atoms with Crippen molar-refractivity contribution in [3.05, 3.63) is 83.0 Å². The smallest absolute Gasteiger partial charge is 0.342 e. The molecule has 0 radical (unpaired) electrons. The van der Waals surface area contributed by atoms with Crippen molar-refractivity contribution in [2.24, 2.45) is 0 Å². The van der Waals surface area contributed by atoms with Gasteiger partial charge < -0.3 is 71.4 Å². The van der Waals surface area contributed by atoms with Crippen molar-refractivity contribution in [1.82, 2.24) is 0 Å². The highest BCUT2D eigenvalue weighted by Gasteiger charge is 2.45. The third-order valence-electron chi connectivity index (χ3n) is 10.5. The van der Waals surface area contributed by atoms with Crippen molar-refractivity contribution in [3.63, 3.8) is 0 Å². The third-order valence-corrected chi connectivity index (χ3v) is 10.5. The van der Waals surface area contributed by atoms with Gasteiger partial charge in [-0.1, -0.05) is 42.5 Å². The largest absolute Gasteiger partial charge is 0.467 e. The first-order valence-corrected chi connectivity index (χ1v) is 22.3. The number of aliphatic hydroxyl groups excluding tert-OH is 1. The molecule has 2 aromatic carbocycles. The predicted molar refractivity (Wildman–Crippen MR) is 246 cm³/mol. The Morgan fingerprint density at radius 3 is 1.51 bits per heavy atom. The Balaban J connectivity index is 0.000000254. The number of esters is 2. The molecule has 18 nitrogen and oxygen atoms in total. The fraction of sp³-hybridized carbons (Fsp3) is 0.540. The maximum atomic E-state index is 13.2. The number of aliphatic hydroxyl groups is 1. The van der Waals surface area contributed by atoms with Crippen LogP contribution in [0.3, 0.4) is 0 Å². The highest BCUT2D eigenvalue weighted by molar-refractivity contribution is 5.98. The van der Waals surface area contributed by atoms with Gasteiger partial charge in [0.1, 0.15) is 64.6 Å². The minimum Gasteiger partial charge on any atom is -0.467 e. The lowest BCUT2D eigenvalue weighted by molar-refractivity contribution is -0.152. The van der Waals surface area contributed by atoms with Gasteiger partial charge >= 0.3 is 11.9 Å². The molecule has 0 aromatic heterocycles. The van der Waals surface area contributed by atoms with E-state index in [0.717, 1.165) is 0 Å². The molecule has 7 atom stereocenters. The van der Waals surface area contributed by atoms with Crippen molar-refractivity contribution in [2.75, 3.05) is 55.6 Å². The topological polar surface area (TPSA) is 201 Å². The number of hydrogen-bond acceptors (Lipinski definition) is 18. The molecule has 374 valence electrons. The first kappa shape index (κ1) is 53.8. The van der Waals surface area contributed by atoms with Crippen LogP contribution in [-0.4, -0.2) is 133 Å². The number of carbonyl (C=O) groups excluding carboxylic acids is 3. The number of carbonyl (C=O) groups is 3. The van der Waals surface area contributed by atoms with E-state index in [9.17, 15) is 19.5 Å². The van der Waals surface area contributed by atoms with Gasteiger partial charge in [-0.05, 0) is 83.7 Å². The second kappa shape index (κ2) is 25.5. The standard InChI is InChI=1S/C25H34O9.C25H32O9/c2*1-16-8-6-10-19(26)23-20(33-25(2,3)34-23)11-7-9-17-12-18(30-14-28-4)13-21(31-15-29-5)22(17)24(27)32-16/h6-7,9-10,12-13,16,19-20,23,26H,8,11,14-15H2,1-5H3;6-7,9-10,12-13,16,20,23H,8,11,14-15H2,1-5H3/b2*9-7+,10-6-/t16-,19?,20+,23-;16-,20+,23-/m00/s1. The highest BCUT2D eigenvalue weighted by Crippen LogP contribution is 2.37. The monoisotopic (exact) mass is 954 g/mol. The van der Waals surface area contributed by atoms with Gasteiger partial charge in [0.2, 0.25) is 0 Å². The Labute approximate surface area is 397 Å². The molecule has 1 N–H and O–H groups in total. The SMILES string of the molecule is COCOc1cc2c(c(OCOC)c1)C(=O)O[C@@H](C)C/C=C\C(=O)[C@@H]1OC(C)(C)O[C@@H]1C/C=C/2.COCOc1cc2c(c(OCOC)c1)C(=O)O[C@@H](C)C/C=C\C(O)[C@@H]1OC(C)(C)O[C@@H]1C/C=C/2. The van der Waals surface area contributed by atoms with Gasteiger partial charge in [-0.3, -0.25) is 4.79 Å². The Kier molecular flexibility index (Phi) is 20.1. The predicted octanol–water partition coefficient (Wildman–Crippen LogP) is 7.09. The van der Waals surface area contributed by atoms with Gasteiger partial charge in [0.25, 0.3) is 0 Å². The van der Waals surface area contributed by atoms with Gasteiger partial charge in [-0.15, -0.1) is 0 Å². The van der Waals surface area contributed by atoms with Crippen LogP contribution in [0.15, 0.2) is 60.7 Å². The summed E-state index contributed by atoms with van der Waals surface area (Å²) in [6.07, 6.45) is 11.5. The molecule has 0 saturated carbocycles. The summed E-state index contributed by atoms with van der Waals surface area (Å²) in [6.45, 7) is 10.6. The quantitative estimate of drug-likeness (QED) is 0.128. The van der Waals surface area contributed by atoms with E-state index in [0.29, 0.717) is 48.3 Å².